The third kappa shape index (κ3) is 3.81. The first-order valence-corrected chi connectivity index (χ1v) is 9.76. The number of carbonyl (C=O) groups excluding carboxylic acids is 2. The molecule has 0 aliphatic carbocycles. The Kier molecular flexibility index (Phi) is 5.42. The molecule has 0 spiro atoms. The molecule has 3 aromatic heterocycles. The van der Waals surface area contributed by atoms with Gasteiger partial charge in [0.25, 0.3) is 22.9 Å². The van der Waals surface area contributed by atoms with E-state index < -0.39 is 17.4 Å². The Morgan fingerprint density at radius 1 is 0.969 bits per heavy atom. The van der Waals surface area contributed by atoms with Crippen LogP contribution in [0.4, 0.5) is 0 Å². The zero-order valence-electron chi connectivity index (χ0n) is 17.2. The number of hydrogen-bond donors (Lipinski definition) is 3. The number of nitrogens with zero attached hydrogens (tertiary/aromatic N) is 2. The molecule has 10 heteroatoms. The van der Waals surface area contributed by atoms with E-state index in [-0.39, 0.29) is 22.9 Å². The minimum Gasteiger partial charge on any atom is -0.463 e. The standard InChI is InChI=1S/C22H19N5O5/c1-12(2)27-22(31)14-7-4-3-6-13(14)18(26-27)21(30)25-24-20(29)15-9-10-16(23-19(15)28)17-8-5-11-32-17/h3-12H,1-2H3,(H,23,28)(H,24,29)(H,25,30). The molecule has 4 rings (SSSR count). The number of rotatable bonds is 4. The number of nitrogens with one attached hydrogen (secondary N) is 3. The van der Waals surface area contributed by atoms with Crippen LogP contribution in [0.2, 0.25) is 0 Å². The van der Waals surface area contributed by atoms with Gasteiger partial charge in [0.2, 0.25) is 0 Å². The first-order chi connectivity index (χ1) is 15.4. The van der Waals surface area contributed by atoms with Crippen molar-refractivity contribution < 1.29 is 14.0 Å². The van der Waals surface area contributed by atoms with E-state index >= 15 is 0 Å². The van der Waals surface area contributed by atoms with Gasteiger partial charge in [-0.05, 0) is 44.2 Å². The van der Waals surface area contributed by atoms with Crippen molar-refractivity contribution in [2.45, 2.75) is 19.9 Å². The van der Waals surface area contributed by atoms with E-state index in [9.17, 15) is 19.2 Å². The molecule has 3 heterocycles. The van der Waals surface area contributed by atoms with Gasteiger partial charge in [0.1, 0.15) is 11.3 Å². The predicted octanol–water partition coefficient (Wildman–Crippen LogP) is 2.00. The van der Waals surface area contributed by atoms with Gasteiger partial charge >= 0.3 is 0 Å². The third-order valence-electron chi connectivity index (χ3n) is 4.76. The second kappa shape index (κ2) is 8.34. The number of aromatic nitrogens is 3. The number of fused-ring (bicyclic) bond motifs is 1. The van der Waals surface area contributed by atoms with Crippen molar-refractivity contribution >= 4 is 22.6 Å². The summed E-state index contributed by atoms with van der Waals surface area (Å²) in [5.74, 6) is -1.10. The van der Waals surface area contributed by atoms with Gasteiger partial charge in [-0.2, -0.15) is 5.10 Å². The van der Waals surface area contributed by atoms with E-state index in [1.165, 1.54) is 23.1 Å². The SMILES string of the molecule is CC(C)n1nc(C(=O)NNC(=O)c2ccc(-c3ccco3)[nH]c2=O)c2ccccc2c1=O. The van der Waals surface area contributed by atoms with Gasteiger partial charge < -0.3 is 9.40 Å². The van der Waals surface area contributed by atoms with Gasteiger partial charge in [-0.15, -0.1) is 0 Å². The quantitative estimate of drug-likeness (QED) is 0.421. The molecule has 0 aliphatic rings. The summed E-state index contributed by atoms with van der Waals surface area (Å²) in [7, 11) is 0. The number of furan rings is 1. The molecule has 0 unspecified atom stereocenters. The van der Waals surface area contributed by atoms with Gasteiger partial charge in [-0.3, -0.25) is 30.0 Å². The monoisotopic (exact) mass is 433 g/mol. The lowest BCUT2D eigenvalue weighted by molar-refractivity contribution is 0.0842. The summed E-state index contributed by atoms with van der Waals surface area (Å²) in [6, 6.07) is 12.5. The predicted molar refractivity (Wildman–Crippen MR) is 116 cm³/mol. The Morgan fingerprint density at radius 3 is 2.34 bits per heavy atom. The van der Waals surface area contributed by atoms with Gasteiger partial charge in [-0.25, -0.2) is 4.68 Å². The van der Waals surface area contributed by atoms with E-state index in [0.717, 1.165) is 0 Å². The van der Waals surface area contributed by atoms with Crippen LogP contribution in [-0.2, 0) is 0 Å². The lowest BCUT2D eigenvalue weighted by Gasteiger charge is -2.13. The Labute approximate surface area is 180 Å². The van der Waals surface area contributed by atoms with E-state index in [4.69, 9.17) is 4.42 Å². The summed E-state index contributed by atoms with van der Waals surface area (Å²) in [4.78, 5) is 52.7. The molecule has 0 radical (unpaired) electrons. The van der Waals surface area contributed by atoms with Crippen molar-refractivity contribution in [3.8, 4) is 11.5 Å². The molecule has 162 valence electrons. The fourth-order valence-corrected chi connectivity index (χ4v) is 3.19. The Bertz CT molecular complexity index is 1430. The zero-order valence-corrected chi connectivity index (χ0v) is 17.2. The molecule has 3 N–H and O–H groups in total. The van der Waals surface area contributed by atoms with E-state index in [0.29, 0.717) is 22.2 Å². The molecule has 0 saturated carbocycles. The number of aromatic amines is 1. The molecular weight excluding hydrogens is 414 g/mol. The van der Waals surface area contributed by atoms with Crippen LogP contribution in [0.1, 0.15) is 40.7 Å². The van der Waals surface area contributed by atoms with Gasteiger partial charge in [0.15, 0.2) is 5.69 Å². The lowest BCUT2D eigenvalue weighted by Crippen LogP contribution is -2.44. The third-order valence-corrected chi connectivity index (χ3v) is 4.76. The van der Waals surface area contributed by atoms with Crippen molar-refractivity contribution in [1.82, 2.24) is 25.6 Å². The highest BCUT2D eigenvalue weighted by Gasteiger charge is 2.19. The molecule has 0 saturated heterocycles. The number of carbonyl (C=O) groups is 2. The first kappa shape index (κ1) is 20.8. The maximum atomic E-state index is 12.8. The van der Waals surface area contributed by atoms with E-state index in [1.54, 1.807) is 50.2 Å². The Balaban J connectivity index is 1.57. The summed E-state index contributed by atoms with van der Waals surface area (Å²) in [6.07, 6.45) is 1.46. The lowest BCUT2D eigenvalue weighted by atomic mass is 10.1. The van der Waals surface area contributed by atoms with Gasteiger partial charge in [0, 0.05) is 5.39 Å². The highest BCUT2D eigenvalue weighted by molar-refractivity contribution is 6.06. The zero-order chi connectivity index (χ0) is 22.8. The molecular formula is C22H19N5O5. The summed E-state index contributed by atoms with van der Waals surface area (Å²) < 4.78 is 6.42. The Morgan fingerprint density at radius 2 is 1.69 bits per heavy atom. The van der Waals surface area contributed by atoms with Crippen LogP contribution in [0, 0.1) is 0 Å². The van der Waals surface area contributed by atoms with Crippen molar-refractivity contribution in [1.29, 1.82) is 0 Å². The largest absolute Gasteiger partial charge is 0.463 e. The summed E-state index contributed by atoms with van der Waals surface area (Å²) in [6.45, 7) is 3.54. The normalized spacial score (nSPS) is 11.0. The topological polar surface area (TPSA) is 139 Å². The van der Waals surface area contributed by atoms with Gasteiger partial charge in [-0.1, -0.05) is 18.2 Å². The number of H-pyrrole nitrogens is 1. The minimum atomic E-state index is -0.813. The van der Waals surface area contributed by atoms with Crippen LogP contribution in [0.25, 0.3) is 22.2 Å². The van der Waals surface area contributed by atoms with Crippen LogP contribution in [0.5, 0.6) is 0 Å². The minimum absolute atomic E-state index is 0.0312. The molecule has 4 aromatic rings. The molecule has 0 bridgehead atoms. The fraction of sp³-hybridized carbons (Fsp3) is 0.136. The van der Waals surface area contributed by atoms with Crippen molar-refractivity contribution in [2.75, 3.05) is 0 Å². The smallest absolute Gasteiger partial charge is 0.290 e. The summed E-state index contributed by atoms with van der Waals surface area (Å²) in [5, 5.41) is 4.85. The molecule has 1 aromatic carbocycles. The second-order valence-corrected chi connectivity index (χ2v) is 7.24. The molecule has 10 nitrogen and oxygen atoms in total. The van der Waals surface area contributed by atoms with Crippen LogP contribution in [0.3, 0.4) is 0 Å². The molecule has 0 atom stereocenters. The first-order valence-electron chi connectivity index (χ1n) is 9.76. The number of amides is 2. The Hall–Kier alpha value is -4.47. The average Bonchev–Trinajstić information content (AvgIpc) is 3.32. The molecule has 0 aliphatic heterocycles. The second-order valence-electron chi connectivity index (χ2n) is 7.24. The highest BCUT2D eigenvalue weighted by Crippen LogP contribution is 2.16. The molecule has 2 amide bonds. The van der Waals surface area contributed by atoms with Crippen LogP contribution in [0.15, 0.2) is 68.8 Å². The van der Waals surface area contributed by atoms with Crippen molar-refractivity contribution in [3.63, 3.8) is 0 Å². The van der Waals surface area contributed by atoms with Crippen molar-refractivity contribution in [3.05, 3.63) is 86.8 Å². The maximum Gasteiger partial charge on any atom is 0.290 e. The fourth-order valence-electron chi connectivity index (χ4n) is 3.19. The van der Waals surface area contributed by atoms with Crippen molar-refractivity contribution in [2.24, 2.45) is 0 Å². The number of hydrogen-bond acceptors (Lipinski definition) is 6. The average molecular weight is 433 g/mol. The molecule has 32 heavy (non-hydrogen) atoms. The van der Waals surface area contributed by atoms with E-state index in [1.807, 2.05) is 0 Å². The summed E-state index contributed by atoms with van der Waals surface area (Å²) in [5.41, 5.74) is 3.67. The van der Waals surface area contributed by atoms with Crippen LogP contribution in [-0.4, -0.2) is 26.6 Å². The van der Waals surface area contributed by atoms with E-state index in [2.05, 4.69) is 20.9 Å². The maximum absolute atomic E-state index is 12.8. The summed E-state index contributed by atoms with van der Waals surface area (Å²) >= 11 is 0. The van der Waals surface area contributed by atoms with Gasteiger partial charge in [0.05, 0.1) is 23.4 Å². The number of benzene rings is 1. The van der Waals surface area contributed by atoms with Crippen LogP contribution >= 0.6 is 0 Å². The van der Waals surface area contributed by atoms with Crippen LogP contribution < -0.4 is 22.0 Å². The highest BCUT2D eigenvalue weighted by atomic mass is 16.3. The molecule has 0 fully saturated rings. The number of hydrazine groups is 1. The number of pyridine rings is 1.